The van der Waals surface area contributed by atoms with Crippen LogP contribution in [0.3, 0.4) is 0 Å². The highest BCUT2D eigenvalue weighted by Crippen LogP contribution is 2.37. The van der Waals surface area contributed by atoms with Gasteiger partial charge in [-0.3, -0.25) is 0 Å². The van der Waals surface area contributed by atoms with Gasteiger partial charge in [-0.25, -0.2) is 14.5 Å². The molecular weight excluding hydrogens is 525 g/mol. The molecule has 0 atom stereocenters. The van der Waals surface area contributed by atoms with E-state index in [-0.39, 0.29) is 24.0 Å². The third-order valence-electron chi connectivity index (χ3n) is 6.55. The van der Waals surface area contributed by atoms with Crippen molar-refractivity contribution < 1.29 is 32.2 Å². The van der Waals surface area contributed by atoms with E-state index in [9.17, 15) is 18.0 Å². The van der Waals surface area contributed by atoms with Crippen molar-refractivity contribution in [2.45, 2.75) is 33.1 Å². The van der Waals surface area contributed by atoms with E-state index in [4.69, 9.17) is 14.6 Å². The maximum atomic E-state index is 12.9. The maximum absolute atomic E-state index is 12.9. The lowest BCUT2D eigenvalue weighted by atomic mass is 9.97. The number of hydrogen-bond acceptors (Lipinski definition) is 7. The van der Waals surface area contributed by atoms with E-state index in [1.54, 1.807) is 19.1 Å². The predicted octanol–water partition coefficient (Wildman–Crippen LogP) is 6.12. The summed E-state index contributed by atoms with van der Waals surface area (Å²) < 4.78 is 55.1. The molecule has 5 rings (SSSR count). The van der Waals surface area contributed by atoms with Crippen LogP contribution in [0.2, 0.25) is 0 Å². The highest BCUT2D eigenvalue weighted by molar-refractivity contribution is 6.00. The number of fused-ring (bicyclic) bond motifs is 1. The highest BCUT2D eigenvalue weighted by Gasteiger charge is 2.31. The largest absolute Gasteiger partial charge is 0.573 e. The van der Waals surface area contributed by atoms with E-state index in [0.717, 1.165) is 29.9 Å². The van der Waals surface area contributed by atoms with Crippen molar-refractivity contribution in [2.24, 2.45) is 0 Å². The van der Waals surface area contributed by atoms with Gasteiger partial charge in [0.05, 0.1) is 36.6 Å². The van der Waals surface area contributed by atoms with Gasteiger partial charge < -0.3 is 19.1 Å². The van der Waals surface area contributed by atoms with E-state index in [0.29, 0.717) is 35.6 Å². The molecule has 2 aromatic carbocycles. The number of halogens is 3. The topological polar surface area (TPSA) is 78.7 Å². The van der Waals surface area contributed by atoms with Gasteiger partial charge in [0.1, 0.15) is 5.75 Å². The van der Waals surface area contributed by atoms with Crippen LogP contribution in [0.4, 0.5) is 18.9 Å². The molecule has 210 valence electrons. The van der Waals surface area contributed by atoms with Gasteiger partial charge >= 0.3 is 12.3 Å². The van der Waals surface area contributed by atoms with Crippen LogP contribution >= 0.6 is 0 Å². The van der Waals surface area contributed by atoms with Crippen LogP contribution in [0.25, 0.3) is 27.8 Å². The molecular formula is C29H29F3N4O4. The Labute approximate surface area is 229 Å². The fraction of sp³-hybridized carbons (Fsp3) is 0.345. The molecule has 3 heterocycles. The molecule has 0 radical (unpaired) electrons. The SMILES string of the molecule is CCOC(=O)c1cc(-c2ccc(N3CCOCC3)cc2)c2c(C(C)C)nn(-c3cccc(OC(F)(F)F)c3)c2n1. The van der Waals surface area contributed by atoms with Gasteiger partial charge in [-0.15, -0.1) is 13.2 Å². The predicted molar refractivity (Wildman–Crippen MR) is 144 cm³/mol. The molecule has 1 aliphatic rings. The highest BCUT2D eigenvalue weighted by atomic mass is 19.4. The number of nitrogens with zero attached hydrogens (tertiary/aromatic N) is 4. The van der Waals surface area contributed by atoms with E-state index in [2.05, 4.69) is 14.6 Å². The van der Waals surface area contributed by atoms with Crippen LogP contribution in [0.5, 0.6) is 5.75 Å². The Bertz CT molecular complexity index is 1510. The zero-order valence-electron chi connectivity index (χ0n) is 22.4. The second kappa shape index (κ2) is 11.2. The smallest absolute Gasteiger partial charge is 0.461 e. The van der Waals surface area contributed by atoms with E-state index >= 15 is 0 Å². The average molecular weight is 555 g/mol. The lowest BCUT2D eigenvalue weighted by molar-refractivity contribution is -0.274. The lowest BCUT2D eigenvalue weighted by Gasteiger charge is -2.29. The van der Waals surface area contributed by atoms with Gasteiger partial charge in [0.2, 0.25) is 0 Å². The Morgan fingerprint density at radius 2 is 1.77 bits per heavy atom. The van der Waals surface area contributed by atoms with Crippen molar-refractivity contribution in [3.63, 3.8) is 0 Å². The van der Waals surface area contributed by atoms with Crippen LogP contribution in [-0.4, -0.2) is 60.0 Å². The molecule has 1 fully saturated rings. The number of pyridine rings is 1. The number of carbonyl (C=O) groups excluding carboxylic acids is 1. The summed E-state index contributed by atoms with van der Waals surface area (Å²) in [7, 11) is 0. The summed E-state index contributed by atoms with van der Waals surface area (Å²) in [6, 6.07) is 15.2. The molecule has 0 amide bonds. The molecule has 4 aromatic rings. The van der Waals surface area contributed by atoms with Crippen molar-refractivity contribution in [1.29, 1.82) is 0 Å². The van der Waals surface area contributed by atoms with Crippen molar-refractivity contribution in [3.8, 4) is 22.6 Å². The van der Waals surface area contributed by atoms with Crippen LogP contribution in [0.15, 0.2) is 54.6 Å². The Balaban J connectivity index is 1.69. The Kier molecular flexibility index (Phi) is 7.66. The van der Waals surface area contributed by atoms with Gasteiger partial charge in [0, 0.05) is 24.8 Å². The summed E-state index contributed by atoms with van der Waals surface area (Å²) >= 11 is 0. The number of esters is 1. The maximum Gasteiger partial charge on any atom is 0.573 e. The Morgan fingerprint density at radius 3 is 2.42 bits per heavy atom. The zero-order valence-corrected chi connectivity index (χ0v) is 22.4. The molecule has 1 aliphatic heterocycles. The number of anilines is 1. The van der Waals surface area contributed by atoms with Crippen LogP contribution in [0, 0.1) is 0 Å². The lowest BCUT2D eigenvalue weighted by Crippen LogP contribution is -2.36. The molecule has 0 saturated carbocycles. The van der Waals surface area contributed by atoms with Crippen LogP contribution < -0.4 is 9.64 Å². The number of benzene rings is 2. The zero-order chi connectivity index (χ0) is 28.4. The number of morpholine rings is 1. The molecule has 0 aliphatic carbocycles. The Morgan fingerprint density at radius 1 is 1.05 bits per heavy atom. The van der Waals surface area contributed by atoms with E-state index in [1.807, 2.05) is 38.1 Å². The number of hydrogen-bond donors (Lipinski definition) is 0. The van der Waals surface area contributed by atoms with Gasteiger partial charge in [-0.1, -0.05) is 32.0 Å². The first kappa shape index (κ1) is 27.4. The van der Waals surface area contributed by atoms with Crippen molar-refractivity contribution in [3.05, 3.63) is 66.0 Å². The van der Waals surface area contributed by atoms with Crippen molar-refractivity contribution in [1.82, 2.24) is 14.8 Å². The van der Waals surface area contributed by atoms with Gasteiger partial charge in [-0.05, 0) is 54.3 Å². The first-order valence-corrected chi connectivity index (χ1v) is 13.0. The van der Waals surface area contributed by atoms with E-state index in [1.165, 1.54) is 22.9 Å². The summed E-state index contributed by atoms with van der Waals surface area (Å²) in [6.45, 7) is 8.74. The fourth-order valence-electron chi connectivity index (χ4n) is 4.75. The number of aromatic nitrogens is 3. The minimum Gasteiger partial charge on any atom is -0.461 e. The molecule has 8 nitrogen and oxygen atoms in total. The van der Waals surface area contributed by atoms with Crippen molar-refractivity contribution >= 4 is 22.7 Å². The van der Waals surface area contributed by atoms with Crippen molar-refractivity contribution in [2.75, 3.05) is 37.8 Å². The second-order valence-electron chi connectivity index (χ2n) is 9.62. The van der Waals surface area contributed by atoms with Gasteiger partial charge in [0.15, 0.2) is 11.3 Å². The molecule has 0 bridgehead atoms. The molecule has 11 heteroatoms. The molecule has 40 heavy (non-hydrogen) atoms. The number of alkyl halides is 3. The minimum absolute atomic E-state index is 0.0556. The molecule has 2 aromatic heterocycles. The number of carbonyl (C=O) groups is 1. The molecule has 1 saturated heterocycles. The molecule has 0 unspecified atom stereocenters. The molecule has 0 spiro atoms. The number of rotatable bonds is 7. The average Bonchev–Trinajstić information content (AvgIpc) is 3.33. The first-order valence-electron chi connectivity index (χ1n) is 13.0. The quantitative estimate of drug-likeness (QED) is 0.255. The van der Waals surface area contributed by atoms with E-state index < -0.39 is 12.3 Å². The summed E-state index contributed by atoms with van der Waals surface area (Å²) in [6.07, 6.45) is -4.84. The molecule has 0 N–H and O–H groups in total. The monoisotopic (exact) mass is 554 g/mol. The minimum atomic E-state index is -4.84. The third kappa shape index (κ3) is 5.74. The van der Waals surface area contributed by atoms with Gasteiger partial charge in [0.25, 0.3) is 0 Å². The van der Waals surface area contributed by atoms with Crippen LogP contribution in [-0.2, 0) is 9.47 Å². The fourth-order valence-corrected chi connectivity index (χ4v) is 4.75. The summed E-state index contributed by atoms with van der Waals surface area (Å²) in [4.78, 5) is 19.7. The Hall–Kier alpha value is -4.12. The summed E-state index contributed by atoms with van der Waals surface area (Å²) in [5.74, 6) is -1.05. The third-order valence-corrected chi connectivity index (χ3v) is 6.55. The summed E-state index contributed by atoms with van der Waals surface area (Å²) in [5, 5.41) is 5.46. The summed E-state index contributed by atoms with van der Waals surface area (Å²) in [5.41, 5.74) is 4.01. The number of ether oxygens (including phenoxy) is 3. The second-order valence-corrected chi connectivity index (χ2v) is 9.62. The normalized spacial score (nSPS) is 14.1. The first-order chi connectivity index (χ1) is 19.1. The van der Waals surface area contributed by atoms with Gasteiger partial charge in [-0.2, -0.15) is 5.10 Å². The standard InChI is InChI=1S/C29H29F3N4O4/c1-4-39-28(37)24-17-23(19-8-10-20(11-9-19)35-12-14-38-15-13-35)25-26(18(2)3)34-36(27(25)33-24)21-6-5-7-22(16-21)40-29(30,31)32/h5-11,16-18H,4,12-15H2,1-3H3. The van der Waals surface area contributed by atoms with Crippen LogP contribution in [0.1, 0.15) is 42.9 Å².